The van der Waals surface area contributed by atoms with E-state index < -0.39 is 10.8 Å². The molecule has 1 atom stereocenters. The molecule has 0 spiro atoms. The number of nitrogens with zero attached hydrogens (tertiary/aromatic N) is 3. The van der Waals surface area contributed by atoms with Crippen molar-refractivity contribution in [2.45, 2.75) is 32.8 Å². The number of oxime groups is 1. The van der Waals surface area contributed by atoms with E-state index in [-0.39, 0.29) is 5.60 Å². The average molecular weight is 272 g/mol. The molecule has 0 saturated carbocycles. The van der Waals surface area contributed by atoms with Crippen molar-refractivity contribution in [3.8, 4) is 0 Å². The molecule has 102 valence electrons. The largest absolute Gasteiger partial charge is 0.389 e. The van der Waals surface area contributed by atoms with Crippen LogP contribution >= 0.6 is 0 Å². The molecule has 1 rings (SSSR count). The fourth-order valence-corrected chi connectivity index (χ4v) is 2.88. The fourth-order valence-electron chi connectivity index (χ4n) is 1.50. The van der Waals surface area contributed by atoms with Crippen LogP contribution in [0.3, 0.4) is 0 Å². The summed E-state index contributed by atoms with van der Waals surface area (Å²) in [5.41, 5.74) is 3.77. The van der Waals surface area contributed by atoms with Crippen LogP contribution in [0.15, 0.2) is 15.2 Å². The molecule has 0 fully saturated rings. The number of hydrogen-bond donors (Lipinski definition) is 1. The lowest BCUT2D eigenvalue weighted by Gasteiger charge is -2.13. The van der Waals surface area contributed by atoms with E-state index in [1.165, 1.54) is 0 Å². The summed E-state index contributed by atoms with van der Waals surface area (Å²) in [6, 6.07) is 0. The molecular weight excluding hydrogens is 252 g/mol. The minimum Gasteiger partial charge on any atom is -0.389 e. The Hall–Kier alpha value is -1.24. The van der Waals surface area contributed by atoms with Gasteiger partial charge in [0, 0.05) is 20.5 Å². The molecule has 0 amide bonds. The van der Waals surface area contributed by atoms with Gasteiger partial charge in [-0.15, -0.1) is 0 Å². The maximum atomic E-state index is 12.2. The first kappa shape index (κ1) is 14.8. The fraction of sp³-hybridized carbons (Fsp3) is 0.727. The Morgan fingerprint density at radius 1 is 1.61 bits per heavy atom. The third-order valence-electron chi connectivity index (χ3n) is 2.47. The molecule has 0 aromatic carbocycles. The first-order valence-corrected chi connectivity index (χ1v) is 7.02. The SMILES string of the molecule is CN=C(CS(=O)C1=NOC(C)(C)C1)/C(C)=N\NC. The van der Waals surface area contributed by atoms with Gasteiger partial charge in [-0.05, 0) is 20.8 Å². The molecule has 0 saturated heterocycles. The Morgan fingerprint density at radius 3 is 2.72 bits per heavy atom. The third-order valence-corrected chi connectivity index (χ3v) is 3.75. The van der Waals surface area contributed by atoms with Gasteiger partial charge in [0.15, 0.2) is 0 Å². The molecule has 0 aliphatic carbocycles. The lowest BCUT2D eigenvalue weighted by Crippen LogP contribution is -2.26. The zero-order chi connectivity index (χ0) is 13.8. The van der Waals surface area contributed by atoms with Gasteiger partial charge in [0.25, 0.3) is 0 Å². The normalized spacial score (nSPS) is 21.3. The maximum absolute atomic E-state index is 12.2. The van der Waals surface area contributed by atoms with Gasteiger partial charge in [-0.25, -0.2) is 0 Å². The quantitative estimate of drug-likeness (QED) is 0.610. The summed E-state index contributed by atoms with van der Waals surface area (Å²) >= 11 is 0. The topological polar surface area (TPSA) is 75.4 Å². The molecule has 0 radical (unpaired) electrons. The second-order valence-electron chi connectivity index (χ2n) is 4.59. The van der Waals surface area contributed by atoms with Crippen LogP contribution in [-0.4, -0.2) is 46.1 Å². The minimum absolute atomic E-state index is 0.311. The average Bonchev–Trinajstić information content (AvgIpc) is 2.66. The van der Waals surface area contributed by atoms with Gasteiger partial charge in [0.1, 0.15) is 10.6 Å². The first-order chi connectivity index (χ1) is 8.39. The number of rotatable bonds is 4. The third kappa shape index (κ3) is 3.90. The smallest absolute Gasteiger partial charge is 0.148 e. The molecule has 0 bridgehead atoms. The standard InChI is InChI=1S/C11H20N4O2S/c1-8(14-13-5)9(12-4)7-18(16)10-6-11(2,3)17-15-10/h13H,6-7H2,1-5H3/b12-9?,14-8-. The van der Waals surface area contributed by atoms with Gasteiger partial charge < -0.3 is 10.3 Å². The zero-order valence-corrected chi connectivity index (χ0v) is 12.3. The molecule has 6 nitrogen and oxygen atoms in total. The van der Waals surface area contributed by atoms with E-state index in [2.05, 4.69) is 20.7 Å². The highest BCUT2D eigenvalue weighted by Crippen LogP contribution is 2.23. The van der Waals surface area contributed by atoms with E-state index >= 15 is 0 Å². The summed E-state index contributed by atoms with van der Waals surface area (Å²) in [7, 11) is 2.17. The van der Waals surface area contributed by atoms with Crippen LogP contribution in [0.1, 0.15) is 27.2 Å². The van der Waals surface area contributed by atoms with Gasteiger partial charge in [-0.2, -0.15) is 5.10 Å². The Bertz CT molecular complexity index is 427. The lowest BCUT2D eigenvalue weighted by molar-refractivity contribution is 0.0123. The summed E-state index contributed by atoms with van der Waals surface area (Å²) in [4.78, 5) is 9.32. The van der Waals surface area contributed by atoms with E-state index in [0.29, 0.717) is 22.9 Å². The van der Waals surface area contributed by atoms with Gasteiger partial charge in [0.05, 0.1) is 28.0 Å². The van der Waals surface area contributed by atoms with Crippen LogP contribution in [0.4, 0.5) is 0 Å². The molecule has 1 heterocycles. The Balaban J connectivity index is 2.68. The monoisotopic (exact) mass is 272 g/mol. The van der Waals surface area contributed by atoms with Crippen molar-refractivity contribution in [2.75, 3.05) is 19.8 Å². The lowest BCUT2D eigenvalue weighted by atomic mass is 10.1. The predicted molar refractivity (Wildman–Crippen MR) is 75.8 cm³/mol. The van der Waals surface area contributed by atoms with Crippen molar-refractivity contribution in [1.82, 2.24) is 5.43 Å². The Kier molecular flexibility index (Phi) is 5.01. The molecule has 1 unspecified atom stereocenters. The van der Waals surface area contributed by atoms with E-state index in [0.717, 1.165) is 5.71 Å². The van der Waals surface area contributed by atoms with Crippen LogP contribution in [0.5, 0.6) is 0 Å². The molecule has 1 N–H and O–H groups in total. The number of aliphatic imine (C=N–C) groups is 1. The summed E-state index contributed by atoms with van der Waals surface area (Å²) in [5, 5.41) is 8.50. The van der Waals surface area contributed by atoms with E-state index in [9.17, 15) is 4.21 Å². The minimum atomic E-state index is -1.21. The molecule has 0 aromatic heterocycles. The van der Waals surface area contributed by atoms with Crippen molar-refractivity contribution in [2.24, 2.45) is 15.2 Å². The molecule has 1 aliphatic heterocycles. The van der Waals surface area contributed by atoms with Crippen molar-refractivity contribution < 1.29 is 9.05 Å². The Morgan fingerprint density at radius 2 is 2.28 bits per heavy atom. The van der Waals surface area contributed by atoms with Crippen LogP contribution < -0.4 is 5.43 Å². The van der Waals surface area contributed by atoms with Crippen molar-refractivity contribution in [3.05, 3.63) is 0 Å². The molecule has 0 aromatic rings. The molecular formula is C11H20N4O2S. The second kappa shape index (κ2) is 6.08. The first-order valence-electron chi connectivity index (χ1n) is 5.70. The summed E-state index contributed by atoms with van der Waals surface area (Å²) < 4.78 is 12.2. The summed E-state index contributed by atoms with van der Waals surface area (Å²) in [5.74, 6) is 0.311. The van der Waals surface area contributed by atoms with Crippen molar-refractivity contribution in [1.29, 1.82) is 0 Å². The Labute approximate surface area is 110 Å². The zero-order valence-electron chi connectivity index (χ0n) is 11.5. The van der Waals surface area contributed by atoms with Crippen LogP contribution in [0.25, 0.3) is 0 Å². The van der Waals surface area contributed by atoms with E-state index in [4.69, 9.17) is 4.84 Å². The number of hydrogen-bond acceptors (Lipinski definition) is 6. The van der Waals surface area contributed by atoms with Crippen LogP contribution in [0, 0.1) is 0 Å². The molecule has 18 heavy (non-hydrogen) atoms. The van der Waals surface area contributed by atoms with Gasteiger partial charge in [-0.1, -0.05) is 5.16 Å². The number of nitrogens with one attached hydrogen (secondary N) is 1. The maximum Gasteiger partial charge on any atom is 0.148 e. The predicted octanol–water partition coefficient (Wildman–Crippen LogP) is 0.914. The molecule has 7 heteroatoms. The highest BCUT2D eigenvalue weighted by atomic mass is 32.2. The van der Waals surface area contributed by atoms with Crippen LogP contribution in [0.2, 0.25) is 0 Å². The summed E-state index contributed by atoms with van der Waals surface area (Å²) in [6.07, 6.45) is 0.582. The highest BCUT2D eigenvalue weighted by molar-refractivity contribution is 8.01. The summed E-state index contributed by atoms with van der Waals surface area (Å²) in [6.45, 7) is 5.67. The van der Waals surface area contributed by atoms with Gasteiger partial charge >= 0.3 is 0 Å². The van der Waals surface area contributed by atoms with Gasteiger partial charge in [-0.3, -0.25) is 9.20 Å². The van der Waals surface area contributed by atoms with Crippen LogP contribution in [-0.2, 0) is 15.6 Å². The number of hydrazone groups is 1. The molecule has 1 aliphatic rings. The van der Waals surface area contributed by atoms with Gasteiger partial charge in [0.2, 0.25) is 0 Å². The highest BCUT2D eigenvalue weighted by Gasteiger charge is 2.32. The van der Waals surface area contributed by atoms with Crippen molar-refractivity contribution in [3.63, 3.8) is 0 Å². The van der Waals surface area contributed by atoms with E-state index in [1.807, 2.05) is 20.8 Å². The second-order valence-corrected chi connectivity index (χ2v) is 6.04. The van der Waals surface area contributed by atoms with E-state index in [1.54, 1.807) is 14.1 Å². The van der Waals surface area contributed by atoms with Crippen molar-refractivity contribution >= 4 is 27.3 Å².